The maximum Gasteiger partial charge on any atom is 0.0839 e. The van der Waals surface area contributed by atoms with E-state index in [0.29, 0.717) is 10.8 Å². The van der Waals surface area contributed by atoms with E-state index < -0.39 is 0 Å². The lowest BCUT2D eigenvalue weighted by molar-refractivity contribution is -0.897. The molecule has 1 aliphatic carbocycles. The summed E-state index contributed by atoms with van der Waals surface area (Å²) in [6.07, 6.45) is 2.87. The van der Waals surface area contributed by atoms with E-state index in [1.54, 1.807) is 0 Å². The van der Waals surface area contributed by atoms with Gasteiger partial charge >= 0.3 is 0 Å². The second kappa shape index (κ2) is 3.00. The summed E-state index contributed by atoms with van der Waals surface area (Å²) in [5, 5.41) is 0. The van der Waals surface area contributed by atoms with E-state index in [4.69, 9.17) is 0 Å². The van der Waals surface area contributed by atoms with Crippen molar-refractivity contribution in [3.8, 4) is 0 Å². The minimum Gasteiger partial charge on any atom is -0.328 e. The summed E-state index contributed by atoms with van der Waals surface area (Å²) in [5.74, 6) is 1.84. The topological polar surface area (TPSA) is 0 Å². The van der Waals surface area contributed by atoms with E-state index >= 15 is 0 Å². The Morgan fingerprint density at radius 2 is 1.73 bits per heavy atom. The molecule has 88 valence electrons. The van der Waals surface area contributed by atoms with Gasteiger partial charge in [0.2, 0.25) is 0 Å². The zero-order valence-corrected chi connectivity index (χ0v) is 11.4. The molecule has 1 saturated carbocycles. The molecule has 3 atom stereocenters. The van der Waals surface area contributed by atoms with E-state index in [1.165, 1.54) is 30.4 Å². The van der Waals surface area contributed by atoms with Gasteiger partial charge in [0, 0.05) is 11.3 Å². The van der Waals surface area contributed by atoms with Crippen molar-refractivity contribution in [1.82, 2.24) is 0 Å². The molecule has 1 unspecified atom stereocenters. The number of rotatable bonds is 0. The molecule has 15 heavy (non-hydrogen) atoms. The van der Waals surface area contributed by atoms with Gasteiger partial charge in [0.05, 0.1) is 27.2 Å². The van der Waals surface area contributed by atoms with Crippen molar-refractivity contribution in [1.29, 1.82) is 0 Å². The number of hydrogen-bond acceptors (Lipinski definition) is 0. The van der Waals surface area contributed by atoms with Gasteiger partial charge in [0.25, 0.3) is 0 Å². The van der Waals surface area contributed by atoms with Gasteiger partial charge in [-0.3, -0.25) is 0 Å². The smallest absolute Gasteiger partial charge is 0.0839 e. The Morgan fingerprint density at radius 3 is 2.33 bits per heavy atom. The monoisotopic (exact) mass is 210 g/mol. The molecule has 1 heteroatoms. The maximum atomic E-state index is 2.53. The van der Waals surface area contributed by atoms with Crippen LogP contribution in [0.15, 0.2) is 0 Å². The Bertz CT molecular complexity index is 263. The molecular weight excluding hydrogens is 182 g/mol. The first-order chi connectivity index (χ1) is 6.65. The average molecular weight is 210 g/mol. The van der Waals surface area contributed by atoms with Crippen LogP contribution in [0.3, 0.4) is 0 Å². The normalized spacial score (nSPS) is 47.6. The molecular formula is C14H28N+. The maximum absolute atomic E-state index is 2.53. The Hall–Kier alpha value is -0.0400. The van der Waals surface area contributed by atoms with Crippen LogP contribution in [0.2, 0.25) is 0 Å². The number of quaternary nitrogens is 1. The van der Waals surface area contributed by atoms with Gasteiger partial charge in [-0.05, 0) is 24.2 Å². The summed E-state index contributed by atoms with van der Waals surface area (Å²) in [6.45, 7) is 12.7. The summed E-state index contributed by atoms with van der Waals surface area (Å²) < 4.78 is 1.23. The predicted octanol–water partition coefficient (Wildman–Crippen LogP) is 3.16. The fourth-order valence-corrected chi connectivity index (χ4v) is 4.56. The number of nitrogens with zero attached hydrogens (tertiary/aromatic N) is 1. The summed E-state index contributed by atoms with van der Waals surface area (Å²) in [5.41, 5.74) is 1.13. The molecule has 0 N–H and O–H groups in total. The second-order valence-electron chi connectivity index (χ2n) is 7.93. The van der Waals surface area contributed by atoms with Crippen LogP contribution in [-0.4, -0.2) is 31.7 Å². The fourth-order valence-electron chi connectivity index (χ4n) is 4.56. The Labute approximate surface area is 95.4 Å². The molecule has 3 aliphatic rings. The lowest BCUT2D eigenvalue weighted by Crippen LogP contribution is -2.46. The van der Waals surface area contributed by atoms with Gasteiger partial charge in [-0.1, -0.05) is 27.7 Å². The van der Waals surface area contributed by atoms with Gasteiger partial charge < -0.3 is 4.48 Å². The van der Waals surface area contributed by atoms with Crippen molar-refractivity contribution < 1.29 is 4.48 Å². The molecule has 2 bridgehead atoms. The van der Waals surface area contributed by atoms with E-state index in [-0.39, 0.29) is 0 Å². The van der Waals surface area contributed by atoms with Gasteiger partial charge in [0.15, 0.2) is 0 Å². The highest BCUT2D eigenvalue weighted by atomic mass is 15.3. The number of fused-ring (bicyclic) bond motifs is 4. The van der Waals surface area contributed by atoms with Crippen LogP contribution in [0.5, 0.6) is 0 Å². The first-order valence-corrected chi connectivity index (χ1v) is 6.47. The van der Waals surface area contributed by atoms with E-state index in [0.717, 1.165) is 11.8 Å². The first kappa shape index (κ1) is 11.4. The molecule has 0 aromatic carbocycles. The van der Waals surface area contributed by atoms with E-state index in [2.05, 4.69) is 41.8 Å². The van der Waals surface area contributed by atoms with Crippen LogP contribution in [-0.2, 0) is 0 Å². The van der Waals surface area contributed by atoms with Crippen molar-refractivity contribution in [3.05, 3.63) is 0 Å². The quantitative estimate of drug-likeness (QED) is 0.539. The average Bonchev–Trinajstić information content (AvgIpc) is 2.08. The summed E-state index contributed by atoms with van der Waals surface area (Å²) in [7, 11) is 4.84. The Kier molecular flexibility index (Phi) is 2.29. The molecule has 2 heterocycles. The zero-order valence-electron chi connectivity index (χ0n) is 11.4. The molecule has 1 nitrogen and oxygen atoms in total. The third kappa shape index (κ3) is 1.84. The van der Waals surface area contributed by atoms with Gasteiger partial charge in [-0.25, -0.2) is 0 Å². The molecule has 2 aliphatic heterocycles. The van der Waals surface area contributed by atoms with Crippen LogP contribution in [0, 0.1) is 22.7 Å². The van der Waals surface area contributed by atoms with Crippen LogP contribution < -0.4 is 0 Å². The van der Waals surface area contributed by atoms with E-state index in [9.17, 15) is 0 Å². The highest BCUT2D eigenvalue weighted by molar-refractivity contribution is 4.98. The molecule has 0 amide bonds. The molecule has 3 rings (SSSR count). The second-order valence-corrected chi connectivity index (χ2v) is 7.93. The fraction of sp³-hybridized carbons (Fsp3) is 1.00. The summed E-state index contributed by atoms with van der Waals surface area (Å²) in [4.78, 5) is 0. The van der Waals surface area contributed by atoms with Crippen LogP contribution >= 0.6 is 0 Å². The van der Waals surface area contributed by atoms with Crippen LogP contribution in [0.1, 0.15) is 40.5 Å². The minimum atomic E-state index is 0.563. The third-order valence-electron chi connectivity index (χ3n) is 5.30. The summed E-state index contributed by atoms with van der Waals surface area (Å²) in [6, 6.07) is 0. The van der Waals surface area contributed by atoms with Crippen molar-refractivity contribution >= 4 is 0 Å². The van der Waals surface area contributed by atoms with Crippen molar-refractivity contribution in [2.45, 2.75) is 40.5 Å². The molecule has 0 radical (unpaired) electrons. The van der Waals surface area contributed by atoms with Crippen molar-refractivity contribution in [2.75, 3.05) is 27.2 Å². The largest absolute Gasteiger partial charge is 0.328 e. The molecule has 2 saturated heterocycles. The first-order valence-electron chi connectivity index (χ1n) is 6.47. The SMILES string of the molecule is C[C@H]1CC2C[N+](C)(C)C[C@]1(C)CC2(C)C. The Balaban J connectivity index is 2.39. The van der Waals surface area contributed by atoms with E-state index in [1.807, 2.05) is 0 Å². The standard InChI is InChI=1S/C14H28N/c1-11-7-12-8-15(5,6)10-14(11,4)9-13(12,2)3/h11-12H,7-10H2,1-6H3/q+1/t11-,12?,14-/m0/s1. The molecule has 0 aromatic rings. The highest BCUT2D eigenvalue weighted by Crippen LogP contribution is 2.55. The summed E-state index contributed by atoms with van der Waals surface area (Å²) >= 11 is 0. The predicted molar refractivity (Wildman–Crippen MR) is 65.6 cm³/mol. The van der Waals surface area contributed by atoms with Crippen LogP contribution in [0.4, 0.5) is 0 Å². The van der Waals surface area contributed by atoms with Crippen molar-refractivity contribution in [3.63, 3.8) is 0 Å². The van der Waals surface area contributed by atoms with Crippen molar-refractivity contribution in [2.24, 2.45) is 22.7 Å². The minimum absolute atomic E-state index is 0.563. The molecule has 3 fully saturated rings. The lowest BCUT2D eigenvalue weighted by Gasteiger charge is -2.47. The van der Waals surface area contributed by atoms with Crippen LogP contribution in [0.25, 0.3) is 0 Å². The lowest BCUT2D eigenvalue weighted by atomic mass is 9.56. The Morgan fingerprint density at radius 1 is 1.13 bits per heavy atom. The van der Waals surface area contributed by atoms with Gasteiger partial charge in [-0.2, -0.15) is 0 Å². The van der Waals surface area contributed by atoms with Gasteiger partial charge in [-0.15, -0.1) is 0 Å². The van der Waals surface area contributed by atoms with Gasteiger partial charge in [0.1, 0.15) is 0 Å². The molecule has 0 aromatic heterocycles. The highest BCUT2D eigenvalue weighted by Gasteiger charge is 2.54. The molecule has 0 spiro atoms. The number of hydrogen-bond donors (Lipinski definition) is 0. The third-order valence-corrected chi connectivity index (χ3v) is 5.30. The zero-order chi connectivity index (χ0) is 11.5.